The van der Waals surface area contributed by atoms with Crippen LogP contribution >= 0.6 is 0 Å². The second-order valence-electron chi connectivity index (χ2n) is 7.02. The molecule has 2 aliphatic rings. The maximum absolute atomic E-state index is 12.4. The number of ether oxygens (including phenoxy) is 1. The number of carbonyl (C=O) groups is 1. The Balaban J connectivity index is 1.57. The number of cyclic esters (lactones) is 1. The van der Waals surface area contributed by atoms with Crippen LogP contribution in [0.1, 0.15) is 25.7 Å². The van der Waals surface area contributed by atoms with Crippen molar-refractivity contribution in [1.82, 2.24) is 0 Å². The molecule has 0 unspecified atom stereocenters. The molecule has 0 N–H and O–H groups in total. The van der Waals surface area contributed by atoms with Crippen molar-refractivity contribution in [2.75, 3.05) is 11.5 Å². The Labute approximate surface area is 146 Å². The lowest BCUT2D eigenvalue weighted by Gasteiger charge is -2.31. The van der Waals surface area contributed by atoms with Crippen molar-refractivity contribution < 1.29 is 13.9 Å². The Morgan fingerprint density at radius 1 is 0.960 bits per heavy atom. The van der Waals surface area contributed by atoms with Crippen molar-refractivity contribution >= 4 is 22.7 Å². The standard InChI is InChI=1S/C21H19NO3/c23-20-22(21(14-24-20)10-4-5-11-21)17-8-9-18-16(12-17)13-19(25-18)15-6-2-1-3-7-15/h1-3,6-9,12-13H,4-5,10-11,14H2. The van der Waals surface area contributed by atoms with E-state index in [1.54, 1.807) is 0 Å². The fourth-order valence-electron chi connectivity index (χ4n) is 4.21. The predicted molar refractivity (Wildman–Crippen MR) is 96.7 cm³/mol. The van der Waals surface area contributed by atoms with Gasteiger partial charge < -0.3 is 9.15 Å². The van der Waals surface area contributed by atoms with Crippen LogP contribution in [0.4, 0.5) is 10.5 Å². The zero-order valence-electron chi connectivity index (χ0n) is 13.9. The van der Waals surface area contributed by atoms with E-state index in [-0.39, 0.29) is 11.6 Å². The summed E-state index contributed by atoms with van der Waals surface area (Å²) in [6, 6.07) is 18.0. The lowest BCUT2D eigenvalue weighted by molar-refractivity contribution is 0.173. The van der Waals surface area contributed by atoms with Gasteiger partial charge in [0.1, 0.15) is 18.0 Å². The van der Waals surface area contributed by atoms with Gasteiger partial charge in [0.25, 0.3) is 0 Å². The van der Waals surface area contributed by atoms with Gasteiger partial charge in [0.2, 0.25) is 0 Å². The fraction of sp³-hybridized carbons (Fsp3) is 0.286. The van der Waals surface area contributed by atoms with Crippen molar-refractivity contribution in [3.63, 3.8) is 0 Å². The fourth-order valence-corrected chi connectivity index (χ4v) is 4.21. The monoisotopic (exact) mass is 333 g/mol. The lowest BCUT2D eigenvalue weighted by atomic mass is 9.97. The van der Waals surface area contributed by atoms with E-state index in [0.717, 1.165) is 53.7 Å². The Morgan fingerprint density at radius 2 is 1.76 bits per heavy atom. The zero-order chi connectivity index (χ0) is 16.9. The summed E-state index contributed by atoms with van der Waals surface area (Å²) >= 11 is 0. The van der Waals surface area contributed by atoms with E-state index in [1.807, 2.05) is 59.5 Å². The first kappa shape index (κ1) is 14.6. The van der Waals surface area contributed by atoms with Crippen LogP contribution in [0.5, 0.6) is 0 Å². The molecule has 1 amide bonds. The topological polar surface area (TPSA) is 42.7 Å². The van der Waals surface area contributed by atoms with E-state index < -0.39 is 0 Å². The Bertz CT molecular complexity index is 938. The SMILES string of the molecule is O=C1OCC2(CCCC2)N1c1ccc2oc(-c3ccccc3)cc2c1. The maximum Gasteiger partial charge on any atom is 0.415 e. The summed E-state index contributed by atoms with van der Waals surface area (Å²) in [5, 5.41) is 1.00. The van der Waals surface area contributed by atoms with Crippen LogP contribution in [-0.2, 0) is 4.74 Å². The summed E-state index contributed by atoms with van der Waals surface area (Å²) in [6.45, 7) is 0.504. The molecule has 1 spiro atoms. The summed E-state index contributed by atoms with van der Waals surface area (Å²) in [4.78, 5) is 14.2. The molecule has 4 heteroatoms. The number of furan rings is 1. The summed E-state index contributed by atoms with van der Waals surface area (Å²) in [5.74, 6) is 0.840. The molecule has 5 rings (SSSR count). The Hall–Kier alpha value is -2.75. The van der Waals surface area contributed by atoms with Crippen molar-refractivity contribution in [1.29, 1.82) is 0 Å². The summed E-state index contributed by atoms with van der Waals surface area (Å²) in [5.41, 5.74) is 2.62. The highest BCUT2D eigenvalue weighted by Gasteiger charge is 2.49. The summed E-state index contributed by atoms with van der Waals surface area (Å²) in [6.07, 6.45) is 4.10. The van der Waals surface area contributed by atoms with Gasteiger partial charge in [-0.25, -0.2) is 4.79 Å². The third kappa shape index (κ3) is 2.24. The van der Waals surface area contributed by atoms with Crippen LogP contribution in [0.2, 0.25) is 0 Å². The molecule has 0 radical (unpaired) electrons. The number of nitrogens with zero attached hydrogens (tertiary/aromatic N) is 1. The van der Waals surface area contributed by atoms with Crippen molar-refractivity contribution in [2.45, 2.75) is 31.2 Å². The van der Waals surface area contributed by atoms with Crippen LogP contribution in [0, 0.1) is 0 Å². The molecule has 2 aromatic carbocycles. The summed E-state index contributed by atoms with van der Waals surface area (Å²) < 4.78 is 11.4. The number of fused-ring (bicyclic) bond motifs is 1. The third-order valence-corrected chi connectivity index (χ3v) is 5.47. The first-order valence-electron chi connectivity index (χ1n) is 8.81. The highest BCUT2D eigenvalue weighted by Crippen LogP contribution is 2.43. The minimum Gasteiger partial charge on any atom is -0.456 e. The van der Waals surface area contributed by atoms with E-state index in [1.165, 1.54) is 0 Å². The van der Waals surface area contributed by atoms with Gasteiger partial charge in [-0.15, -0.1) is 0 Å². The minimum atomic E-state index is -0.229. The first-order valence-corrected chi connectivity index (χ1v) is 8.81. The number of anilines is 1. The van der Waals surface area contributed by atoms with Gasteiger partial charge in [0.15, 0.2) is 0 Å². The maximum atomic E-state index is 12.4. The van der Waals surface area contributed by atoms with Gasteiger partial charge in [-0.3, -0.25) is 4.90 Å². The highest BCUT2D eigenvalue weighted by molar-refractivity contribution is 5.95. The molecular weight excluding hydrogens is 314 g/mol. The molecule has 1 aliphatic heterocycles. The van der Waals surface area contributed by atoms with E-state index >= 15 is 0 Å². The molecule has 2 heterocycles. The number of hydrogen-bond acceptors (Lipinski definition) is 3. The van der Waals surface area contributed by atoms with Crippen molar-refractivity contribution in [2.24, 2.45) is 0 Å². The average Bonchev–Trinajstić information content (AvgIpc) is 3.35. The van der Waals surface area contributed by atoms with Crippen LogP contribution in [0.25, 0.3) is 22.3 Å². The van der Waals surface area contributed by atoms with E-state index in [2.05, 4.69) is 0 Å². The molecule has 1 saturated carbocycles. The number of rotatable bonds is 2. The smallest absolute Gasteiger partial charge is 0.415 e. The molecule has 126 valence electrons. The number of carbonyl (C=O) groups excluding carboxylic acids is 1. The molecule has 4 nitrogen and oxygen atoms in total. The molecule has 2 fully saturated rings. The zero-order valence-corrected chi connectivity index (χ0v) is 13.9. The number of amides is 1. The second kappa shape index (κ2) is 5.38. The van der Waals surface area contributed by atoms with Crippen molar-refractivity contribution in [3.8, 4) is 11.3 Å². The second-order valence-corrected chi connectivity index (χ2v) is 7.02. The van der Waals surface area contributed by atoms with Crippen LogP contribution in [-0.4, -0.2) is 18.2 Å². The molecule has 25 heavy (non-hydrogen) atoms. The summed E-state index contributed by atoms with van der Waals surface area (Å²) in [7, 11) is 0. The molecule has 1 aromatic heterocycles. The molecule has 0 bridgehead atoms. The Morgan fingerprint density at radius 3 is 2.56 bits per heavy atom. The van der Waals surface area contributed by atoms with Gasteiger partial charge in [0, 0.05) is 16.6 Å². The van der Waals surface area contributed by atoms with Crippen LogP contribution < -0.4 is 4.90 Å². The third-order valence-electron chi connectivity index (χ3n) is 5.47. The number of hydrogen-bond donors (Lipinski definition) is 0. The van der Waals surface area contributed by atoms with Gasteiger partial charge in [0.05, 0.1) is 5.54 Å². The quantitative estimate of drug-likeness (QED) is 0.633. The predicted octanol–water partition coefficient (Wildman–Crippen LogP) is 5.37. The minimum absolute atomic E-state index is 0.156. The van der Waals surface area contributed by atoms with E-state index in [9.17, 15) is 4.79 Å². The molecular formula is C21H19NO3. The molecule has 0 atom stereocenters. The normalized spacial score (nSPS) is 19.0. The molecule has 1 saturated heterocycles. The van der Waals surface area contributed by atoms with Crippen LogP contribution in [0.15, 0.2) is 59.0 Å². The van der Waals surface area contributed by atoms with Crippen LogP contribution in [0.3, 0.4) is 0 Å². The van der Waals surface area contributed by atoms with Gasteiger partial charge in [-0.2, -0.15) is 0 Å². The van der Waals surface area contributed by atoms with Gasteiger partial charge in [-0.05, 0) is 37.1 Å². The van der Waals surface area contributed by atoms with Gasteiger partial charge in [-0.1, -0.05) is 43.2 Å². The lowest BCUT2D eigenvalue weighted by Crippen LogP contribution is -2.45. The van der Waals surface area contributed by atoms with Crippen molar-refractivity contribution in [3.05, 3.63) is 54.6 Å². The highest BCUT2D eigenvalue weighted by atomic mass is 16.6. The Kier molecular flexibility index (Phi) is 3.14. The average molecular weight is 333 g/mol. The number of benzene rings is 2. The van der Waals surface area contributed by atoms with Gasteiger partial charge >= 0.3 is 6.09 Å². The first-order chi connectivity index (χ1) is 12.3. The molecule has 3 aromatic rings. The molecule has 1 aliphatic carbocycles. The van der Waals surface area contributed by atoms with E-state index in [0.29, 0.717) is 6.61 Å². The largest absolute Gasteiger partial charge is 0.456 e. The van der Waals surface area contributed by atoms with E-state index in [4.69, 9.17) is 9.15 Å².